The highest BCUT2D eigenvalue weighted by Crippen LogP contribution is 2.53. The van der Waals surface area contributed by atoms with Crippen LogP contribution < -0.4 is 5.32 Å². The molecule has 0 spiro atoms. The standard InChI is InChI=1S/C20H27NO6/c1-20(2)14(10-15(20)17(22)25-3)11-16(18(23)26-4)21-19(24)27-12-13-8-6-5-7-9-13/h5-9,14-16H,10-12H2,1-4H3,(H,21,24)/t14-,15+,16+/m1/s1. The Morgan fingerprint density at radius 2 is 1.81 bits per heavy atom. The molecule has 0 radical (unpaired) electrons. The van der Waals surface area contributed by atoms with E-state index >= 15 is 0 Å². The van der Waals surface area contributed by atoms with E-state index in [1.54, 1.807) is 0 Å². The van der Waals surface area contributed by atoms with E-state index in [1.807, 2.05) is 44.2 Å². The first-order chi connectivity index (χ1) is 12.8. The van der Waals surface area contributed by atoms with Crippen LogP contribution in [-0.2, 0) is 30.4 Å². The Bertz CT molecular complexity index is 672. The summed E-state index contributed by atoms with van der Waals surface area (Å²) in [5.41, 5.74) is 0.526. The maximum absolute atomic E-state index is 12.1. The molecule has 1 saturated carbocycles. The monoisotopic (exact) mass is 377 g/mol. The van der Waals surface area contributed by atoms with Gasteiger partial charge in [-0.2, -0.15) is 0 Å². The summed E-state index contributed by atoms with van der Waals surface area (Å²) in [6.07, 6.45) is 0.289. The molecule has 0 bridgehead atoms. The van der Waals surface area contributed by atoms with Gasteiger partial charge in [-0.1, -0.05) is 44.2 Å². The van der Waals surface area contributed by atoms with Gasteiger partial charge in [0.15, 0.2) is 0 Å². The molecule has 3 atom stereocenters. The number of amides is 1. The minimum absolute atomic E-state index is 0.0696. The van der Waals surface area contributed by atoms with Crippen LogP contribution in [0.15, 0.2) is 30.3 Å². The lowest BCUT2D eigenvalue weighted by molar-refractivity contribution is -0.164. The van der Waals surface area contributed by atoms with Gasteiger partial charge in [0.2, 0.25) is 0 Å². The Morgan fingerprint density at radius 3 is 2.37 bits per heavy atom. The third kappa shape index (κ3) is 4.99. The van der Waals surface area contributed by atoms with E-state index in [2.05, 4.69) is 5.32 Å². The van der Waals surface area contributed by atoms with Crippen molar-refractivity contribution in [1.82, 2.24) is 5.32 Å². The number of hydrogen-bond acceptors (Lipinski definition) is 6. The van der Waals surface area contributed by atoms with Crippen LogP contribution in [0.2, 0.25) is 0 Å². The van der Waals surface area contributed by atoms with E-state index in [0.29, 0.717) is 12.8 Å². The van der Waals surface area contributed by atoms with Crippen molar-refractivity contribution >= 4 is 18.0 Å². The summed E-state index contributed by atoms with van der Waals surface area (Å²) in [6.45, 7) is 4.04. The largest absolute Gasteiger partial charge is 0.469 e. The molecule has 0 aromatic heterocycles. The lowest BCUT2D eigenvalue weighted by Gasteiger charge is -2.51. The van der Waals surface area contributed by atoms with E-state index in [1.165, 1.54) is 14.2 Å². The fourth-order valence-electron chi connectivity index (χ4n) is 3.51. The normalized spacial score (nSPS) is 21.3. The molecular weight excluding hydrogens is 350 g/mol. The third-order valence-electron chi connectivity index (χ3n) is 5.47. The van der Waals surface area contributed by atoms with Gasteiger partial charge in [0.25, 0.3) is 0 Å². The Labute approximate surface area is 159 Å². The van der Waals surface area contributed by atoms with Gasteiger partial charge < -0.3 is 19.5 Å². The molecule has 1 N–H and O–H groups in total. The molecule has 1 amide bonds. The van der Waals surface area contributed by atoms with Crippen LogP contribution in [-0.4, -0.2) is 38.3 Å². The van der Waals surface area contributed by atoms with E-state index in [0.717, 1.165) is 5.56 Å². The Hall–Kier alpha value is -2.57. The zero-order valence-electron chi connectivity index (χ0n) is 16.2. The molecule has 27 heavy (non-hydrogen) atoms. The molecule has 148 valence electrons. The maximum Gasteiger partial charge on any atom is 0.408 e. The van der Waals surface area contributed by atoms with Crippen molar-refractivity contribution in [2.75, 3.05) is 14.2 Å². The minimum atomic E-state index is -0.832. The second-order valence-electron chi connectivity index (χ2n) is 7.35. The molecule has 2 rings (SSSR count). The zero-order chi connectivity index (χ0) is 20.0. The van der Waals surface area contributed by atoms with Crippen molar-refractivity contribution in [3.05, 3.63) is 35.9 Å². The fraction of sp³-hybridized carbons (Fsp3) is 0.550. The first-order valence-electron chi connectivity index (χ1n) is 8.92. The third-order valence-corrected chi connectivity index (χ3v) is 5.47. The van der Waals surface area contributed by atoms with Gasteiger partial charge in [-0.05, 0) is 29.7 Å². The number of rotatable bonds is 7. The van der Waals surface area contributed by atoms with Crippen LogP contribution in [0.1, 0.15) is 32.3 Å². The molecule has 1 aromatic carbocycles. The highest BCUT2D eigenvalue weighted by atomic mass is 16.6. The Balaban J connectivity index is 1.93. The minimum Gasteiger partial charge on any atom is -0.469 e. The Kier molecular flexibility index (Phi) is 6.82. The lowest BCUT2D eigenvalue weighted by Crippen LogP contribution is -2.53. The quantitative estimate of drug-likeness (QED) is 0.580. The van der Waals surface area contributed by atoms with Gasteiger partial charge >= 0.3 is 18.0 Å². The topological polar surface area (TPSA) is 90.9 Å². The molecule has 0 saturated heterocycles. The molecule has 1 aliphatic carbocycles. The molecular formula is C20H27NO6. The number of methoxy groups -OCH3 is 2. The van der Waals surface area contributed by atoms with Gasteiger partial charge in [-0.25, -0.2) is 9.59 Å². The number of ether oxygens (including phenoxy) is 3. The summed E-state index contributed by atoms with van der Waals surface area (Å²) in [5.74, 6) is -0.930. The number of carbonyl (C=O) groups is 3. The summed E-state index contributed by atoms with van der Waals surface area (Å²) in [6, 6.07) is 8.43. The average Bonchev–Trinajstić information content (AvgIpc) is 2.67. The van der Waals surface area contributed by atoms with E-state index in [9.17, 15) is 14.4 Å². The number of benzene rings is 1. The lowest BCUT2D eigenvalue weighted by atomic mass is 9.53. The van der Waals surface area contributed by atoms with Crippen molar-refractivity contribution in [3.63, 3.8) is 0 Å². The van der Waals surface area contributed by atoms with Gasteiger partial charge in [0.05, 0.1) is 20.1 Å². The number of hydrogen-bond donors (Lipinski definition) is 1. The number of nitrogens with one attached hydrogen (secondary N) is 1. The van der Waals surface area contributed by atoms with Crippen LogP contribution in [0.4, 0.5) is 4.79 Å². The first-order valence-corrected chi connectivity index (χ1v) is 8.92. The van der Waals surface area contributed by atoms with Crippen LogP contribution in [0, 0.1) is 17.3 Å². The predicted octanol–water partition coefficient (Wildman–Crippen LogP) is 2.68. The molecule has 7 heteroatoms. The maximum atomic E-state index is 12.1. The Morgan fingerprint density at radius 1 is 1.15 bits per heavy atom. The van der Waals surface area contributed by atoms with Gasteiger partial charge in [0.1, 0.15) is 12.6 Å². The zero-order valence-corrected chi connectivity index (χ0v) is 16.2. The van der Waals surface area contributed by atoms with Gasteiger partial charge in [-0.3, -0.25) is 4.79 Å². The van der Waals surface area contributed by atoms with Crippen LogP contribution in [0.5, 0.6) is 0 Å². The molecule has 0 aliphatic heterocycles. The smallest absolute Gasteiger partial charge is 0.408 e. The van der Waals surface area contributed by atoms with Crippen LogP contribution >= 0.6 is 0 Å². The van der Waals surface area contributed by atoms with E-state index < -0.39 is 18.1 Å². The number of carbonyl (C=O) groups excluding carboxylic acids is 3. The summed E-state index contributed by atoms with van der Waals surface area (Å²) in [4.78, 5) is 36.0. The SMILES string of the molecule is COC(=O)[C@H](C[C@H]1C[C@@H](C(=O)OC)C1(C)C)NC(=O)OCc1ccccc1. The summed E-state index contributed by atoms with van der Waals surface area (Å²) < 4.78 is 14.8. The van der Waals surface area contributed by atoms with Crippen LogP contribution in [0.25, 0.3) is 0 Å². The average molecular weight is 377 g/mol. The number of esters is 2. The highest BCUT2D eigenvalue weighted by molar-refractivity contribution is 5.81. The second-order valence-corrected chi connectivity index (χ2v) is 7.35. The summed E-state index contributed by atoms with van der Waals surface area (Å²) >= 11 is 0. The molecule has 1 fully saturated rings. The number of alkyl carbamates (subject to hydrolysis) is 1. The van der Waals surface area contributed by atoms with Crippen molar-refractivity contribution in [2.24, 2.45) is 17.3 Å². The molecule has 1 aliphatic rings. The van der Waals surface area contributed by atoms with Gasteiger partial charge in [-0.15, -0.1) is 0 Å². The van der Waals surface area contributed by atoms with E-state index in [4.69, 9.17) is 14.2 Å². The van der Waals surface area contributed by atoms with Crippen molar-refractivity contribution in [1.29, 1.82) is 0 Å². The van der Waals surface area contributed by atoms with Crippen molar-refractivity contribution < 1.29 is 28.6 Å². The second kappa shape index (κ2) is 8.88. The molecule has 1 aromatic rings. The van der Waals surface area contributed by atoms with Crippen molar-refractivity contribution in [2.45, 2.75) is 39.3 Å². The summed E-state index contributed by atoms with van der Waals surface area (Å²) in [5, 5.41) is 2.58. The van der Waals surface area contributed by atoms with E-state index in [-0.39, 0.29) is 29.8 Å². The first kappa shape index (κ1) is 20.7. The highest BCUT2D eigenvalue weighted by Gasteiger charge is 2.53. The molecule has 7 nitrogen and oxygen atoms in total. The fourth-order valence-corrected chi connectivity index (χ4v) is 3.51. The molecule has 0 unspecified atom stereocenters. The predicted molar refractivity (Wildman–Crippen MR) is 97.6 cm³/mol. The van der Waals surface area contributed by atoms with Crippen molar-refractivity contribution in [3.8, 4) is 0 Å². The van der Waals surface area contributed by atoms with Gasteiger partial charge in [0, 0.05) is 0 Å². The molecule has 0 heterocycles. The van der Waals surface area contributed by atoms with Crippen LogP contribution in [0.3, 0.4) is 0 Å². The summed E-state index contributed by atoms with van der Waals surface area (Å²) in [7, 11) is 2.64.